The molecule has 2 aromatic rings. The van der Waals surface area contributed by atoms with E-state index in [0.717, 1.165) is 11.1 Å². The van der Waals surface area contributed by atoms with Gasteiger partial charge in [-0.1, -0.05) is 48.0 Å². The van der Waals surface area contributed by atoms with Crippen molar-refractivity contribution in [3.05, 3.63) is 82.1 Å². The molecule has 8 heteroatoms. The molecule has 0 saturated heterocycles. The number of hydrogen-bond donors (Lipinski definition) is 2. The third kappa shape index (κ3) is 6.10. The van der Waals surface area contributed by atoms with Crippen molar-refractivity contribution in [3.8, 4) is 0 Å². The van der Waals surface area contributed by atoms with Gasteiger partial charge in [-0.2, -0.15) is 0 Å². The quantitative estimate of drug-likeness (QED) is 0.433. The highest BCUT2D eigenvalue weighted by Crippen LogP contribution is 2.28. The van der Waals surface area contributed by atoms with Gasteiger partial charge in [0, 0.05) is 12.0 Å². The number of carbonyl (C=O) groups is 4. The van der Waals surface area contributed by atoms with Gasteiger partial charge in [-0.3, -0.25) is 9.59 Å². The molecule has 8 nitrogen and oxygen atoms in total. The van der Waals surface area contributed by atoms with Crippen LogP contribution in [0.4, 0.5) is 4.79 Å². The van der Waals surface area contributed by atoms with E-state index in [1.165, 1.54) is 0 Å². The van der Waals surface area contributed by atoms with E-state index in [-0.39, 0.29) is 43.1 Å². The van der Waals surface area contributed by atoms with Gasteiger partial charge < -0.3 is 20.1 Å². The number of carbonyl (C=O) groups excluding carboxylic acids is 4. The summed E-state index contributed by atoms with van der Waals surface area (Å²) in [5.74, 6) is -1.39. The Hall–Kier alpha value is -3.94. The highest BCUT2D eigenvalue weighted by Gasteiger charge is 2.34. The molecule has 0 aromatic heterocycles. The largest absolute Gasteiger partial charge is 0.463 e. The summed E-state index contributed by atoms with van der Waals surface area (Å²) in [6, 6.07) is 13.3. The second-order valence-corrected chi connectivity index (χ2v) is 7.96. The van der Waals surface area contributed by atoms with Crippen molar-refractivity contribution in [2.75, 3.05) is 13.2 Å². The van der Waals surface area contributed by atoms with Gasteiger partial charge in [0.05, 0.1) is 30.3 Å². The van der Waals surface area contributed by atoms with Crippen molar-refractivity contribution < 1.29 is 28.7 Å². The number of hydrogen-bond acceptors (Lipinski definition) is 6. The Labute approximate surface area is 198 Å². The van der Waals surface area contributed by atoms with Crippen LogP contribution in [0.5, 0.6) is 0 Å². The molecule has 2 N–H and O–H groups in total. The fraction of sp³-hybridized carbons (Fsp3) is 0.308. The van der Waals surface area contributed by atoms with Crippen molar-refractivity contribution in [2.45, 2.75) is 39.7 Å². The summed E-state index contributed by atoms with van der Waals surface area (Å²) in [4.78, 5) is 49.9. The molecule has 1 aliphatic heterocycles. The van der Waals surface area contributed by atoms with E-state index in [0.29, 0.717) is 11.1 Å². The van der Waals surface area contributed by atoms with E-state index in [2.05, 4.69) is 10.6 Å². The molecule has 0 saturated carbocycles. The van der Waals surface area contributed by atoms with Crippen LogP contribution >= 0.6 is 0 Å². The molecule has 1 heterocycles. The molecule has 1 aliphatic rings. The normalized spacial score (nSPS) is 15.3. The average Bonchev–Trinajstić information content (AvgIpc) is 2.83. The number of esters is 2. The summed E-state index contributed by atoms with van der Waals surface area (Å²) in [6.07, 6.45) is -0.129. The Morgan fingerprint density at radius 3 is 2.41 bits per heavy atom. The summed E-state index contributed by atoms with van der Waals surface area (Å²) in [5.41, 5.74) is 3.37. The van der Waals surface area contributed by atoms with Crippen LogP contribution in [-0.4, -0.2) is 37.0 Å². The number of amides is 2. The summed E-state index contributed by atoms with van der Waals surface area (Å²) in [5, 5.41) is 5.26. The van der Waals surface area contributed by atoms with E-state index < -0.39 is 24.0 Å². The molecular weight excluding hydrogens is 436 g/mol. The molecule has 0 spiro atoms. The predicted octanol–water partition coefficient (Wildman–Crippen LogP) is 3.68. The first-order valence-electron chi connectivity index (χ1n) is 11.1. The van der Waals surface area contributed by atoms with Crippen LogP contribution < -0.4 is 10.6 Å². The molecule has 2 amide bonds. The molecule has 0 fully saturated rings. The van der Waals surface area contributed by atoms with E-state index >= 15 is 0 Å². The number of urea groups is 1. The van der Waals surface area contributed by atoms with Gasteiger partial charge in [0.1, 0.15) is 6.61 Å². The third-order valence-electron chi connectivity index (χ3n) is 5.41. The second-order valence-electron chi connectivity index (χ2n) is 7.96. The van der Waals surface area contributed by atoms with Crippen molar-refractivity contribution in [3.63, 3.8) is 0 Å². The number of benzene rings is 2. The van der Waals surface area contributed by atoms with Crippen molar-refractivity contribution in [2.24, 2.45) is 0 Å². The summed E-state index contributed by atoms with van der Waals surface area (Å²) in [7, 11) is 0. The summed E-state index contributed by atoms with van der Waals surface area (Å²) < 4.78 is 10.5. The van der Waals surface area contributed by atoms with Gasteiger partial charge in [-0.25, -0.2) is 9.59 Å². The van der Waals surface area contributed by atoms with Crippen LogP contribution in [-0.2, 0) is 19.1 Å². The number of ether oxygens (including phenoxy) is 2. The van der Waals surface area contributed by atoms with Gasteiger partial charge in [-0.05, 0) is 38.0 Å². The fourth-order valence-corrected chi connectivity index (χ4v) is 3.69. The van der Waals surface area contributed by atoms with Gasteiger partial charge in [-0.15, -0.1) is 0 Å². The van der Waals surface area contributed by atoms with Crippen LogP contribution in [0.2, 0.25) is 0 Å². The average molecular weight is 465 g/mol. The van der Waals surface area contributed by atoms with Crippen LogP contribution in [0.1, 0.15) is 52.9 Å². The lowest BCUT2D eigenvalue weighted by Crippen LogP contribution is -2.47. The zero-order valence-electron chi connectivity index (χ0n) is 19.5. The molecular formula is C26H28N2O6. The lowest BCUT2D eigenvalue weighted by Gasteiger charge is -2.29. The Morgan fingerprint density at radius 2 is 1.71 bits per heavy atom. The lowest BCUT2D eigenvalue weighted by molar-refractivity contribution is -0.143. The number of nitrogens with one attached hydrogen (secondary N) is 2. The Morgan fingerprint density at radius 1 is 0.971 bits per heavy atom. The molecule has 0 radical (unpaired) electrons. The highest BCUT2D eigenvalue weighted by atomic mass is 16.5. The van der Waals surface area contributed by atoms with Crippen LogP contribution in [0.15, 0.2) is 59.8 Å². The van der Waals surface area contributed by atoms with E-state index in [4.69, 9.17) is 9.47 Å². The minimum atomic E-state index is -0.756. The van der Waals surface area contributed by atoms with E-state index in [9.17, 15) is 19.2 Å². The van der Waals surface area contributed by atoms with Crippen LogP contribution in [0.25, 0.3) is 0 Å². The van der Waals surface area contributed by atoms with Crippen molar-refractivity contribution in [1.29, 1.82) is 0 Å². The Balaban J connectivity index is 1.72. The monoisotopic (exact) mass is 464 g/mol. The standard InChI is InChI=1S/C26H28N2O6/c1-4-33-25(31)23-20(27-26(32)28-24(23)18-8-6-5-7-9-18)15-34-22(30)13-12-21(29)19-14-16(2)10-11-17(19)3/h5-11,14,24H,4,12-13,15H2,1-3H3,(H2,27,28,32). The van der Waals surface area contributed by atoms with Crippen molar-refractivity contribution >= 4 is 23.8 Å². The second kappa shape index (κ2) is 11.3. The molecule has 1 atom stereocenters. The Bertz CT molecular complexity index is 1120. The smallest absolute Gasteiger partial charge is 0.338 e. The number of ketones is 1. The summed E-state index contributed by atoms with van der Waals surface area (Å²) in [6.45, 7) is 5.23. The van der Waals surface area contributed by atoms with E-state index in [1.807, 2.05) is 32.0 Å². The van der Waals surface area contributed by atoms with Gasteiger partial charge in [0.2, 0.25) is 0 Å². The molecule has 3 rings (SSSR count). The van der Waals surface area contributed by atoms with Gasteiger partial charge >= 0.3 is 18.0 Å². The zero-order valence-corrected chi connectivity index (χ0v) is 19.5. The van der Waals surface area contributed by atoms with E-state index in [1.54, 1.807) is 37.3 Å². The highest BCUT2D eigenvalue weighted by molar-refractivity contribution is 5.99. The molecule has 178 valence electrons. The molecule has 1 unspecified atom stereocenters. The van der Waals surface area contributed by atoms with Gasteiger partial charge in [0.25, 0.3) is 0 Å². The minimum absolute atomic E-state index is 0.00649. The molecule has 2 aromatic carbocycles. The van der Waals surface area contributed by atoms with Crippen LogP contribution in [0.3, 0.4) is 0 Å². The number of rotatable bonds is 9. The predicted molar refractivity (Wildman–Crippen MR) is 125 cm³/mol. The van der Waals surface area contributed by atoms with Crippen LogP contribution in [0, 0.1) is 13.8 Å². The maximum atomic E-state index is 12.7. The maximum absolute atomic E-state index is 12.7. The first kappa shape index (κ1) is 24.7. The maximum Gasteiger partial charge on any atom is 0.338 e. The topological polar surface area (TPSA) is 111 Å². The minimum Gasteiger partial charge on any atom is -0.463 e. The fourth-order valence-electron chi connectivity index (χ4n) is 3.69. The Kier molecular flexibility index (Phi) is 8.19. The number of Topliss-reactive ketones (excluding diaryl/α,β-unsaturated/α-hetero) is 1. The first-order valence-corrected chi connectivity index (χ1v) is 11.1. The molecule has 34 heavy (non-hydrogen) atoms. The summed E-state index contributed by atoms with van der Waals surface area (Å²) >= 11 is 0. The zero-order chi connectivity index (χ0) is 24.7. The van der Waals surface area contributed by atoms with Crippen molar-refractivity contribution in [1.82, 2.24) is 10.6 Å². The SMILES string of the molecule is CCOC(=O)C1=C(COC(=O)CCC(=O)c2cc(C)ccc2C)NC(=O)NC1c1ccccc1. The number of aryl methyl sites for hydroxylation is 2. The molecule has 0 bridgehead atoms. The lowest BCUT2D eigenvalue weighted by atomic mass is 9.95. The third-order valence-corrected chi connectivity index (χ3v) is 5.41. The first-order chi connectivity index (χ1) is 16.3. The molecule has 0 aliphatic carbocycles. The van der Waals surface area contributed by atoms with Gasteiger partial charge in [0.15, 0.2) is 5.78 Å².